The van der Waals surface area contributed by atoms with Crippen LogP contribution in [0.15, 0.2) is 36.7 Å². The highest BCUT2D eigenvalue weighted by Crippen LogP contribution is 2.35. The molecular weight excluding hydrogens is 240 g/mol. The lowest BCUT2D eigenvalue weighted by molar-refractivity contribution is 0.322. The van der Waals surface area contributed by atoms with Gasteiger partial charge in [-0.25, -0.2) is 4.98 Å². The van der Waals surface area contributed by atoms with Gasteiger partial charge in [0.15, 0.2) is 5.82 Å². The molecule has 1 aromatic carbocycles. The third-order valence-electron chi connectivity index (χ3n) is 3.14. The van der Waals surface area contributed by atoms with Gasteiger partial charge >= 0.3 is 0 Å². The van der Waals surface area contributed by atoms with Crippen molar-refractivity contribution in [3.8, 4) is 5.75 Å². The highest BCUT2D eigenvalue weighted by molar-refractivity contribution is 5.68. The van der Waals surface area contributed by atoms with Gasteiger partial charge in [0.2, 0.25) is 0 Å². The van der Waals surface area contributed by atoms with E-state index < -0.39 is 0 Å². The molecule has 0 spiro atoms. The van der Waals surface area contributed by atoms with Crippen LogP contribution in [0.5, 0.6) is 5.75 Å². The number of nitrogens with zero attached hydrogens (tertiary/aromatic N) is 3. The maximum Gasteiger partial charge on any atom is 0.156 e. The monoisotopic (exact) mass is 256 g/mol. The fourth-order valence-corrected chi connectivity index (χ4v) is 2.28. The van der Waals surface area contributed by atoms with E-state index in [1.807, 2.05) is 24.3 Å². The van der Waals surface area contributed by atoms with E-state index in [4.69, 9.17) is 10.5 Å². The summed E-state index contributed by atoms with van der Waals surface area (Å²) in [6.07, 6.45) is 4.31. The van der Waals surface area contributed by atoms with Gasteiger partial charge in [-0.3, -0.25) is 4.98 Å². The van der Waals surface area contributed by atoms with E-state index in [0.717, 1.165) is 35.9 Å². The molecule has 98 valence electrons. The van der Waals surface area contributed by atoms with Crippen molar-refractivity contribution in [3.63, 3.8) is 0 Å². The van der Waals surface area contributed by atoms with Gasteiger partial charge in [-0.1, -0.05) is 12.1 Å². The number of benzene rings is 1. The first-order valence-corrected chi connectivity index (χ1v) is 6.39. The quantitative estimate of drug-likeness (QED) is 0.888. The third-order valence-corrected chi connectivity index (χ3v) is 3.14. The Bertz CT molecular complexity index is 573. The Kier molecular flexibility index (Phi) is 3.29. The maximum atomic E-state index is 5.76. The molecule has 0 radical (unpaired) electrons. The molecule has 0 amide bonds. The van der Waals surface area contributed by atoms with Crippen LogP contribution in [0.25, 0.3) is 0 Å². The summed E-state index contributed by atoms with van der Waals surface area (Å²) in [6, 6.07) is 7.99. The second-order valence-electron chi connectivity index (χ2n) is 4.35. The molecule has 2 heterocycles. The fraction of sp³-hybridized carbons (Fsp3) is 0.286. The Balaban J connectivity index is 2.09. The molecule has 0 bridgehead atoms. The minimum absolute atomic E-state index is 0.378. The number of para-hydroxylation sites is 2. The molecule has 0 aliphatic carbocycles. The van der Waals surface area contributed by atoms with Crippen molar-refractivity contribution < 1.29 is 4.74 Å². The third kappa shape index (κ3) is 2.24. The number of hydrogen-bond acceptors (Lipinski definition) is 5. The predicted octanol–water partition coefficient (Wildman–Crippen LogP) is 1.86. The molecule has 0 unspecified atom stereocenters. The molecule has 1 aromatic heterocycles. The molecule has 5 heteroatoms. The van der Waals surface area contributed by atoms with Gasteiger partial charge in [0.25, 0.3) is 0 Å². The molecule has 2 N–H and O–H groups in total. The Morgan fingerprint density at radius 3 is 2.95 bits per heavy atom. The number of anilines is 2. The van der Waals surface area contributed by atoms with Crippen LogP contribution < -0.4 is 15.4 Å². The van der Waals surface area contributed by atoms with E-state index in [2.05, 4.69) is 14.9 Å². The van der Waals surface area contributed by atoms with Crippen molar-refractivity contribution >= 4 is 11.5 Å². The first-order chi connectivity index (χ1) is 9.40. The van der Waals surface area contributed by atoms with E-state index in [-0.39, 0.29) is 0 Å². The minimum Gasteiger partial charge on any atom is -0.491 e. The molecule has 0 fully saturated rings. The van der Waals surface area contributed by atoms with Crippen LogP contribution in [0, 0.1) is 0 Å². The van der Waals surface area contributed by atoms with Gasteiger partial charge in [0.05, 0.1) is 18.0 Å². The summed E-state index contributed by atoms with van der Waals surface area (Å²) in [6.45, 7) is 1.94. The zero-order valence-electron chi connectivity index (χ0n) is 10.6. The van der Waals surface area contributed by atoms with Crippen molar-refractivity contribution in [3.05, 3.63) is 42.4 Å². The molecule has 3 rings (SSSR count). The average molecular weight is 256 g/mol. The van der Waals surface area contributed by atoms with Crippen LogP contribution in [0.3, 0.4) is 0 Å². The Morgan fingerprint density at radius 2 is 2.05 bits per heavy atom. The van der Waals surface area contributed by atoms with Crippen molar-refractivity contribution in [1.82, 2.24) is 9.97 Å². The summed E-state index contributed by atoms with van der Waals surface area (Å²) in [5.74, 6) is 1.71. The Morgan fingerprint density at radius 1 is 1.21 bits per heavy atom. The molecule has 0 atom stereocenters. The fourth-order valence-electron chi connectivity index (χ4n) is 2.28. The van der Waals surface area contributed by atoms with E-state index in [1.54, 1.807) is 12.4 Å². The summed E-state index contributed by atoms with van der Waals surface area (Å²) in [7, 11) is 0. The largest absolute Gasteiger partial charge is 0.491 e. The van der Waals surface area contributed by atoms with Crippen LogP contribution in [-0.2, 0) is 6.54 Å². The zero-order chi connectivity index (χ0) is 13.1. The highest BCUT2D eigenvalue weighted by Gasteiger charge is 2.20. The lowest BCUT2D eigenvalue weighted by Gasteiger charge is -2.24. The highest BCUT2D eigenvalue weighted by atomic mass is 16.5. The van der Waals surface area contributed by atoms with Gasteiger partial charge in [-0.05, 0) is 18.6 Å². The number of rotatable bonds is 2. The Hall–Kier alpha value is -2.14. The second kappa shape index (κ2) is 5.24. The number of fused-ring (bicyclic) bond motifs is 1. The Labute approximate surface area is 112 Å². The second-order valence-corrected chi connectivity index (χ2v) is 4.35. The topological polar surface area (TPSA) is 64.3 Å². The van der Waals surface area contributed by atoms with Crippen molar-refractivity contribution in [2.24, 2.45) is 5.73 Å². The van der Waals surface area contributed by atoms with Gasteiger partial charge in [0.1, 0.15) is 5.75 Å². The molecular formula is C14H16N4O. The number of aromatic nitrogens is 2. The smallest absolute Gasteiger partial charge is 0.156 e. The molecule has 2 aromatic rings. The molecule has 19 heavy (non-hydrogen) atoms. The lowest BCUT2D eigenvalue weighted by atomic mass is 10.2. The number of nitrogens with two attached hydrogens (primary N) is 1. The van der Waals surface area contributed by atoms with Gasteiger partial charge < -0.3 is 15.4 Å². The average Bonchev–Trinajstić information content (AvgIpc) is 2.69. The molecule has 1 aliphatic heterocycles. The molecule has 0 saturated heterocycles. The van der Waals surface area contributed by atoms with Gasteiger partial charge in [-0.2, -0.15) is 0 Å². The normalized spacial score (nSPS) is 14.5. The molecule has 1 aliphatic rings. The van der Waals surface area contributed by atoms with Crippen molar-refractivity contribution in [2.75, 3.05) is 18.1 Å². The van der Waals surface area contributed by atoms with E-state index in [0.29, 0.717) is 13.2 Å². The summed E-state index contributed by atoms with van der Waals surface area (Å²) in [4.78, 5) is 10.9. The van der Waals surface area contributed by atoms with E-state index in [9.17, 15) is 0 Å². The molecule has 0 saturated carbocycles. The molecule has 5 nitrogen and oxygen atoms in total. The first kappa shape index (κ1) is 11.9. The number of hydrogen-bond donors (Lipinski definition) is 1. The van der Waals surface area contributed by atoms with E-state index >= 15 is 0 Å². The maximum absolute atomic E-state index is 5.76. The summed E-state index contributed by atoms with van der Waals surface area (Å²) in [5, 5.41) is 0. The van der Waals surface area contributed by atoms with Crippen LogP contribution >= 0.6 is 0 Å². The van der Waals surface area contributed by atoms with E-state index in [1.165, 1.54) is 0 Å². The predicted molar refractivity (Wildman–Crippen MR) is 73.5 cm³/mol. The van der Waals surface area contributed by atoms with Gasteiger partial charge in [0, 0.05) is 25.5 Å². The summed E-state index contributed by atoms with van der Waals surface area (Å²) in [5.41, 5.74) is 7.58. The standard InChI is InChI=1S/C14H16N4O/c15-10-11-14(17-7-6-16-11)18-8-3-9-19-13-5-2-1-4-12(13)18/h1-2,4-7H,3,8-10,15H2. The van der Waals surface area contributed by atoms with Crippen LogP contribution in [-0.4, -0.2) is 23.1 Å². The minimum atomic E-state index is 0.378. The van der Waals surface area contributed by atoms with Gasteiger partial charge in [-0.15, -0.1) is 0 Å². The summed E-state index contributed by atoms with van der Waals surface area (Å²) < 4.78 is 5.75. The van der Waals surface area contributed by atoms with Crippen molar-refractivity contribution in [1.29, 1.82) is 0 Å². The van der Waals surface area contributed by atoms with Crippen LogP contribution in [0.4, 0.5) is 11.5 Å². The lowest BCUT2D eigenvalue weighted by Crippen LogP contribution is -2.21. The summed E-state index contributed by atoms with van der Waals surface area (Å²) >= 11 is 0. The van der Waals surface area contributed by atoms with Crippen LogP contribution in [0.2, 0.25) is 0 Å². The zero-order valence-corrected chi connectivity index (χ0v) is 10.6. The van der Waals surface area contributed by atoms with Crippen LogP contribution in [0.1, 0.15) is 12.1 Å². The SMILES string of the molecule is NCc1nccnc1N1CCCOc2ccccc21. The first-order valence-electron chi connectivity index (χ1n) is 6.39. The van der Waals surface area contributed by atoms with Crippen molar-refractivity contribution in [2.45, 2.75) is 13.0 Å². The number of ether oxygens (including phenoxy) is 1.